The number of halogens is 1. The van der Waals surface area contributed by atoms with Gasteiger partial charge in [-0.3, -0.25) is 0 Å². The van der Waals surface area contributed by atoms with Crippen LogP contribution in [0.1, 0.15) is 5.56 Å². The molecule has 1 rings (SSSR count). The monoisotopic (exact) mass is 172 g/mol. The molecule has 2 nitrogen and oxygen atoms in total. The zero-order chi connectivity index (χ0) is 8.27. The third-order valence-electron chi connectivity index (χ3n) is 1.41. The lowest BCUT2D eigenvalue weighted by molar-refractivity contribution is 0.299. The average Bonchev–Trinajstić information content (AvgIpc) is 1.98. The normalized spacial score (nSPS) is 10.0. The minimum Gasteiger partial charge on any atom is -0.506 e. The summed E-state index contributed by atoms with van der Waals surface area (Å²) in [5.41, 5.74) is 0.926. The standard InChI is InChI=1S/C8H9ClO2/c9-7-5-6(3-4-10)1-2-8(7)11/h1-2,5,10-11H,3-4H2. The number of hydrogen-bond donors (Lipinski definition) is 2. The van der Waals surface area contributed by atoms with Crippen LogP contribution >= 0.6 is 11.6 Å². The Morgan fingerprint density at radius 1 is 1.36 bits per heavy atom. The molecule has 0 amide bonds. The average molecular weight is 173 g/mol. The third kappa shape index (κ3) is 2.10. The lowest BCUT2D eigenvalue weighted by Crippen LogP contribution is -1.89. The van der Waals surface area contributed by atoms with Gasteiger partial charge < -0.3 is 10.2 Å². The zero-order valence-electron chi connectivity index (χ0n) is 5.92. The summed E-state index contributed by atoms with van der Waals surface area (Å²) in [6, 6.07) is 4.90. The van der Waals surface area contributed by atoms with E-state index < -0.39 is 0 Å². The first-order chi connectivity index (χ1) is 5.24. The van der Waals surface area contributed by atoms with Crippen LogP contribution in [0.5, 0.6) is 5.75 Å². The van der Waals surface area contributed by atoms with Crippen molar-refractivity contribution in [2.24, 2.45) is 0 Å². The SMILES string of the molecule is OCCc1ccc(O)c(Cl)c1. The predicted molar refractivity (Wildman–Crippen MR) is 43.9 cm³/mol. The van der Waals surface area contributed by atoms with E-state index in [9.17, 15) is 0 Å². The molecule has 0 heterocycles. The summed E-state index contributed by atoms with van der Waals surface area (Å²) in [6.45, 7) is 0.0983. The topological polar surface area (TPSA) is 40.5 Å². The molecule has 0 fully saturated rings. The van der Waals surface area contributed by atoms with Gasteiger partial charge in [0.1, 0.15) is 5.75 Å². The van der Waals surface area contributed by atoms with E-state index >= 15 is 0 Å². The van der Waals surface area contributed by atoms with E-state index in [0.29, 0.717) is 11.4 Å². The molecule has 11 heavy (non-hydrogen) atoms. The van der Waals surface area contributed by atoms with E-state index in [1.54, 1.807) is 12.1 Å². The van der Waals surface area contributed by atoms with Gasteiger partial charge in [-0.15, -0.1) is 0 Å². The molecular formula is C8H9ClO2. The number of hydrogen-bond acceptors (Lipinski definition) is 2. The second kappa shape index (κ2) is 3.60. The van der Waals surface area contributed by atoms with E-state index in [4.69, 9.17) is 21.8 Å². The van der Waals surface area contributed by atoms with Gasteiger partial charge in [-0.05, 0) is 24.1 Å². The van der Waals surface area contributed by atoms with Gasteiger partial charge >= 0.3 is 0 Å². The number of phenols is 1. The van der Waals surface area contributed by atoms with Crippen LogP contribution in [-0.4, -0.2) is 16.8 Å². The molecule has 1 aromatic carbocycles. The molecule has 0 bridgehead atoms. The van der Waals surface area contributed by atoms with Gasteiger partial charge in [0, 0.05) is 6.61 Å². The quantitative estimate of drug-likeness (QED) is 0.711. The highest BCUT2D eigenvalue weighted by Crippen LogP contribution is 2.23. The highest BCUT2D eigenvalue weighted by atomic mass is 35.5. The number of phenolic OH excluding ortho intramolecular Hbond substituents is 1. The zero-order valence-corrected chi connectivity index (χ0v) is 6.67. The Balaban J connectivity index is 2.86. The lowest BCUT2D eigenvalue weighted by Gasteiger charge is -1.99. The summed E-state index contributed by atoms with van der Waals surface area (Å²) < 4.78 is 0. The maximum absolute atomic E-state index is 9.02. The summed E-state index contributed by atoms with van der Waals surface area (Å²) in [5, 5.41) is 17.9. The van der Waals surface area contributed by atoms with Gasteiger partial charge in [0.05, 0.1) is 5.02 Å². The number of aromatic hydroxyl groups is 1. The minimum absolute atomic E-state index is 0.0772. The van der Waals surface area contributed by atoms with Crippen molar-refractivity contribution in [3.05, 3.63) is 28.8 Å². The Hall–Kier alpha value is -0.730. The van der Waals surface area contributed by atoms with Crippen LogP contribution in [-0.2, 0) is 6.42 Å². The second-order valence-corrected chi connectivity index (χ2v) is 2.67. The van der Waals surface area contributed by atoms with Crippen molar-refractivity contribution in [1.82, 2.24) is 0 Å². The largest absolute Gasteiger partial charge is 0.506 e. The fraction of sp³-hybridized carbons (Fsp3) is 0.250. The van der Waals surface area contributed by atoms with Crippen molar-refractivity contribution in [1.29, 1.82) is 0 Å². The van der Waals surface area contributed by atoms with Crippen molar-refractivity contribution in [2.75, 3.05) is 6.61 Å². The molecule has 0 aromatic heterocycles. The van der Waals surface area contributed by atoms with Gasteiger partial charge in [-0.25, -0.2) is 0 Å². The molecule has 3 heteroatoms. The summed E-state index contributed by atoms with van der Waals surface area (Å²) in [7, 11) is 0. The highest BCUT2D eigenvalue weighted by molar-refractivity contribution is 6.32. The van der Waals surface area contributed by atoms with Crippen LogP contribution in [0.4, 0.5) is 0 Å². The Morgan fingerprint density at radius 2 is 2.09 bits per heavy atom. The van der Waals surface area contributed by atoms with E-state index in [2.05, 4.69) is 0 Å². The fourth-order valence-electron chi connectivity index (χ4n) is 0.835. The van der Waals surface area contributed by atoms with Crippen molar-refractivity contribution in [2.45, 2.75) is 6.42 Å². The van der Waals surface area contributed by atoms with E-state index in [1.807, 2.05) is 0 Å². The van der Waals surface area contributed by atoms with Crippen molar-refractivity contribution in [3.63, 3.8) is 0 Å². The van der Waals surface area contributed by atoms with Crippen molar-refractivity contribution < 1.29 is 10.2 Å². The van der Waals surface area contributed by atoms with Crippen LogP contribution in [0.15, 0.2) is 18.2 Å². The number of aliphatic hydroxyl groups excluding tert-OH is 1. The number of benzene rings is 1. The molecule has 0 unspecified atom stereocenters. The second-order valence-electron chi connectivity index (χ2n) is 2.26. The van der Waals surface area contributed by atoms with Crippen LogP contribution in [0.3, 0.4) is 0 Å². The molecule has 0 aliphatic carbocycles. The smallest absolute Gasteiger partial charge is 0.134 e. The Kier molecular flexibility index (Phi) is 2.74. The first-order valence-electron chi connectivity index (χ1n) is 3.32. The maximum Gasteiger partial charge on any atom is 0.134 e. The molecule has 0 radical (unpaired) electrons. The van der Waals surface area contributed by atoms with Gasteiger partial charge in [0.25, 0.3) is 0 Å². The third-order valence-corrected chi connectivity index (χ3v) is 1.72. The van der Waals surface area contributed by atoms with Gasteiger partial charge in [-0.2, -0.15) is 0 Å². The predicted octanol–water partition coefficient (Wildman–Crippen LogP) is 1.58. The van der Waals surface area contributed by atoms with E-state index in [-0.39, 0.29) is 12.4 Å². The van der Waals surface area contributed by atoms with Crippen LogP contribution in [0, 0.1) is 0 Å². The Labute approximate surface area is 70.1 Å². The first-order valence-corrected chi connectivity index (χ1v) is 3.70. The summed E-state index contributed by atoms with van der Waals surface area (Å²) in [6.07, 6.45) is 0.569. The Bertz CT molecular complexity index is 248. The molecule has 0 saturated carbocycles. The molecule has 0 aliphatic rings. The Morgan fingerprint density at radius 3 is 2.64 bits per heavy atom. The molecule has 0 aliphatic heterocycles. The minimum atomic E-state index is 0.0772. The lowest BCUT2D eigenvalue weighted by atomic mass is 10.1. The van der Waals surface area contributed by atoms with E-state index in [0.717, 1.165) is 5.56 Å². The molecule has 0 spiro atoms. The molecule has 60 valence electrons. The number of aliphatic hydroxyl groups is 1. The summed E-state index contributed by atoms with van der Waals surface area (Å²) in [5.74, 6) is 0.0772. The molecule has 1 aromatic rings. The summed E-state index contributed by atoms with van der Waals surface area (Å²) in [4.78, 5) is 0. The van der Waals surface area contributed by atoms with Gasteiger partial charge in [-0.1, -0.05) is 17.7 Å². The molecular weight excluding hydrogens is 164 g/mol. The molecule has 2 N–H and O–H groups in total. The van der Waals surface area contributed by atoms with Crippen molar-refractivity contribution in [3.8, 4) is 5.75 Å². The summed E-state index contributed by atoms with van der Waals surface area (Å²) >= 11 is 5.62. The first kappa shape index (κ1) is 8.37. The van der Waals surface area contributed by atoms with Crippen LogP contribution < -0.4 is 0 Å². The van der Waals surface area contributed by atoms with Crippen LogP contribution in [0.25, 0.3) is 0 Å². The fourth-order valence-corrected chi connectivity index (χ4v) is 1.04. The molecule has 0 atom stereocenters. The van der Waals surface area contributed by atoms with E-state index in [1.165, 1.54) is 6.07 Å². The van der Waals surface area contributed by atoms with Crippen LogP contribution in [0.2, 0.25) is 5.02 Å². The van der Waals surface area contributed by atoms with Gasteiger partial charge in [0.15, 0.2) is 0 Å². The number of rotatable bonds is 2. The molecule has 0 saturated heterocycles. The van der Waals surface area contributed by atoms with Gasteiger partial charge in [0.2, 0.25) is 0 Å². The highest BCUT2D eigenvalue weighted by Gasteiger charge is 1.98. The maximum atomic E-state index is 9.02. The van der Waals surface area contributed by atoms with Crippen molar-refractivity contribution >= 4 is 11.6 Å².